The van der Waals surface area contributed by atoms with Crippen LogP contribution in [-0.2, 0) is 32.6 Å². The summed E-state index contributed by atoms with van der Waals surface area (Å²) in [4.78, 5) is 61.8. The third-order valence-corrected chi connectivity index (χ3v) is 3.59. The van der Waals surface area contributed by atoms with Gasteiger partial charge in [-0.2, -0.15) is 0 Å². The van der Waals surface area contributed by atoms with Gasteiger partial charge in [-0.05, 0) is 40.0 Å². The van der Waals surface area contributed by atoms with Gasteiger partial charge in [0.15, 0.2) is 0 Å². The predicted molar refractivity (Wildman–Crippen MR) is 105 cm³/mol. The van der Waals surface area contributed by atoms with Crippen molar-refractivity contribution in [3.8, 4) is 0 Å². The maximum absolute atomic E-state index is 10.4. The molecule has 172 valence electrons. The molecular weight excluding hydrogens is 419 g/mol. The van der Waals surface area contributed by atoms with Crippen LogP contribution in [0.25, 0.3) is 0 Å². The van der Waals surface area contributed by atoms with Crippen molar-refractivity contribution in [1.82, 2.24) is 0 Å². The molecule has 0 bridgehead atoms. The van der Waals surface area contributed by atoms with Crippen LogP contribution in [0.3, 0.4) is 0 Å². The van der Waals surface area contributed by atoms with Gasteiger partial charge in [0, 0.05) is 0 Å². The molecule has 0 amide bonds. The van der Waals surface area contributed by atoms with Crippen LogP contribution in [0.2, 0.25) is 0 Å². The van der Waals surface area contributed by atoms with E-state index in [0.717, 1.165) is 0 Å². The molecule has 0 aromatic heterocycles. The molecule has 4 N–H and O–H groups in total. The number of rotatable bonds is 9. The van der Waals surface area contributed by atoms with Gasteiger partial charge in [0.2, 0.25) is 0 Å². The van der Waals surface area contributed by atoms with Crippen LogP contribution in [-0.4, -0.2) is 70.2 Å². The third-order valence-electron chi connectivity index (χ3n) is 3.59. The molecule has 0 rings (SSSR count). The molecule has 0 aliphatic heterocycles. The van der Waals surface area contributed by atoms with Crippen LogP contribution in [0.5, 0.6) is 0 Å². The second-order valence-corrected chi connectivity index (χ2v) is 6.05. The van der Waals surface area contributed by atoms with Crippen LogP contribution in [0.15, 0.2) is 0 Å². The number of carbonyl (C=O) groups excluding carboxylic acids is 3. The van der Waals surface area contributed by atoms with Crippen molar-refractivity contribution >= 4 is 50.7 Å². The Kier molecular flexibility index (Phi) is 24.8. The fourth-order valence-electron chi connectivity index (χ4n) is 1.91. The first kappa shape index (κ1) is 35.0. The van der Waals surface area contributed by atoms with Gasteiger partial charge in [0.1, 0.15) is 35.1 Å². The topological polar surface area (TPSA) is 200 Å². The molecule has 0 aromatic rings. The molecule has 0 aliphatic rings. The van der Waals surface area contributed by atoms with Crippen molar-refractivity contribution in [1.29, 1.82) is 0 Å². The van der Waals surface area contributed by atoms with Crippen molar-refractivity contribution in [3.63, 3.8) is 0 Å². The number of ketones is 3. The first-order chi connectivity index (χ1) is 13.7. The summed E-state index contributed by atoms with van der Waals surface area (Å²) in [5.41, 5.74) is 0. The van der Waals surface area contributed by atoms with Crippen LogP contribution < -0.4 is 0 Å². The number of carboxylic acids is 3. The van der Waals surface area contributed by atoms with Crippen molar-refractivity contribution in [2.24, 2.45) is 17.8 Å². The predicted octanol–water partition coefficient (Wildman–Crippen LogP) is 1.00. The number of carbonyl (C=O) groups is 6. The molecule has 3 unspecified atom stereocenters. The first-order valence-corrected chi connectivity index (χ1v) is 9.96. The summed E-state index contributed by atoms with van der Waals surface area (Å²) in [5, 5.41) is 25.0. The normalized spacial score (nSPS) is 11.7. The standard InChI is InChI=1S/3C6H10O3.Al.H2O.O/c3*1-3-5(4(2)7)6(8)9;;;/h3*5H,3H2,1-2H3,(H,8,9);;1H2;/q;;;+1;;/p-1. The van der Waals surface area contributed by atoms with E-state index in [-0.39, 0.29) is 17.3 Å². The van der Waals surface area contributed by atoms with Crippen LogP contribution in [0.4, 0.5) is 0 Å². The van der Waals surface area contributed by atoms with E-state index in [4.69, 9.17) is 23.3 Å². The Hall–Kier alpha value is -2.45. The summed E-state index contributed by atoms with van der Waals surface area (Å²) in [7, 11) is 0. The zero-order chi connectivity index (χ0) is 25.0. The molecule has 0 heterocycles. The van der Waals surface area contributed by atoms with Gasteiger partial charge >= 0.3 is 41.4 Å². The fraction of sp³-hybridized carbons (Fsp3) is 0.667. The maximum atomic E-state index is 10.4. The molecule has 0 spiro atoms. The summed E-state index contributed by atoms with van der Waals surface area (Å²) in [5.74, 6) is -6.29. The van der Waals surface area contributed by atoms with Gasteiger partial charge in [-0.3, -0.25) is 28.8 Å². The molecule has 30 heavy (non-hydrogen) atoms. The molecule has 0 radical (unpaired) electrons. The van der Waals surface area contributed by atoms with Gasteiger partial charge in [0.25, 0.3) is 0 Å². The minimum absolute atomic E-state index is 0.273. The van der Waals surface area contributed by atoms with Crippen LogP contribution in [0, 0.1) is 17.8 Å². The first-order valence-electron chi connectivity index (χ1n) is 8.97. The molecule has 12 heteroatoms. The second-order valence-electron chi connectivity index (χ2n) is 5.83. The number of Topliss-reactive ketones (excluding diaryl/α,β-unsaturated/α-hetero) is 3. The Morgan fingerprint density at radius 3 is 0.733 bits per heavy atom. The Morgan fingerprint density at radius 2 is 0.733 bits per heavy atom. The van der Waals surface area contributed by atoms with Crippen molar-refractivity contribution < 1.29 is 52.0 Å². The Bertz CT molecular complexity index is 469. The van der Waals surface area contributed by atoms with Gasteiger partial charge in [-0.25, -0.2) is 0 Å². The van der Waals surface area contributed by atoms with E-state index in [0.29, 0.717) is 19.3 Å². The Morgan fingerprint density at radius 1 is 0.600 bits per heavy atom. The monoisotopic (exact) mass is 450 g/mol. The summed E-state index contributed by atoms with van der Waals surface area (Å²) < 4.78 is 15.7. The SMILES string of the molecule is CCC(C(C)=O)C(=O)O.CCC(C(C)=O)C(=O)O.CCC(C(C)=O)C(=O)O.[O]=[Al][OH]. The van der Waals surface area contributed by atoms with E-state index in [9.17, 15) is 28.8 Å². The average Bonchev–Trinajstić information content (AvgIpc) is 2.56. The number of hydrogen-bond donors (Lipinski definition) is 4. The van der Waals surface area contributed by atoms with Gasteiger partial charge in [-0.1, -0.05) is 20.8 Å². The third kappa shape index (κ3) is 20.3. The molecule has 0 fully saturated rings. The zero-order valence-electron chi connectivity index (χ0n) is 18.1. The molecule has 0 saturated carbocycles. The average molecular weight is 450 g/mol. The molecule has 0 aromatic carbocycles. The quantitative estimate of drug-likeness (QED) is 0.288. The van der Waals surface area contributed by atoms with Gasteiger partial charge in [-0.15, -0.1) is 0 Å². The van der Waals surface area contributed by atoms with E-state index < -0.39 is 51.1 Å². The summed E-state index contributed by atoms with van der Waals surface area (Å²) in [6.45, 7) is 8.92. The molecule has 0 aliphatic carbocycles. The van der Waals surface area contributed by atoms with Crippen LogP contribution in [0.1, 0.15) is 60.8 Å². The zero-order valence-corrected chi connectivity index (χ0v) is 19.2. The fourth-order valence-corrected chi connectivity index (χ4v) is 1.91. The number of aliphatic carboxylic acids is 3. The van der Waals surface area contributed by atoms with Crippen LogP contribution >= 0.6 is 0 Å². The van der Waals surface area contributed by atoms with E-state index in [1.54, 1.807) is 20.8 Å². The Balaban J connectivity index is -0.000000158. The van der Waals surface area contributed by atoms with Gasteiger partial charge in [0.05, 0.1) is 0 Å². The van der Waals surface area contributed by atoms with Crippen molar-refractivity contribution in [2.75, 3.05) is 0 Å². The summed E-state index contributed by atoms with van der Waals surface area (Å²) in [6.07, 6.45) is 1.14. The number of carboxylic acid groups (broad SMARTS) is 3. The van der Waals surface area contributed by atoms with E-state index in [1.807, 2.05) is 0 Å². The van der Waals surface area contributed by atoms with Gasteiger partial charge < -0.3 is 15.3 Å². The minimum atomic E-state index is -1.50. The van der Waals surface area contributed by atoms with E-state index >= 15 is 0 Å². The molecular formula is C18H31AlO11. The van der Waals surface area contributed by atoms with Crippen molar-refractivity contribution in [2.45, 2.75) is 60.8 Å². The second kappa shape index (κ2) is 21.3. The summed E-state index contributed by atoms with van der Waals surface area (Å²) in [6, 6.07) is 0. The molecule has 11 nitrogen and oxygen atoms in total. The molecule has 0 saturated heterocycles. The van der Waals surface area contributed by atoms with E-state index in [2.05, 4.69) is 0 Å². The number of hydrogen-bond acceptors (Lipinski definition) is 7. The van der Waals surface area contributed by atoms with Crippen molar-refractivity contribution in [3.05, 3.63) is 0 Å². The summed E-state index contributed by atoms with van der Waals surface area (Å²) >= 11 is -1.50. The molecule has 3 atom stereocenters. The van der Waals surface area contributed by atoms with E-state index in [1.165, 1.54) is 20.8 Å². The Labute approximate surface area is 181 Å².